The van der Waals surface area contributed by atoms with Gasteiger partial charge in [-0.2, -0.15) is 0 Å². The molecule has 0 amide bonds. The van der Waals surface area contributed by atoms with Crippen molar-refractivity contribution < 1.29 is 12.8 Å². The highest BCUT2D eigenvalue weighted by Gasteiger charge is 2.17. The fourth-order valence-electron chi connectivity index (χ4n) is 2.48. The minimum atomic E-state index is -3.82. The molecule has 1 aliphatic rings. The third kappa shape index (κ3) is 3.82. The standard InChI is InChI=1S/C15H16ClFN4O2S/c16-12-9-11(3-4-13(12)17)24(22,23)19-10-14-18-6-5-15(20-14)21-7-1-2-8-21/h3-6,9,19H,1-2,7-8,10H2. The summed E-state index contributed by atoms with van der Waals surface area (Å²) in [5, 5.41) is -0.245. The van der Waals surface area contributed by atoms with Gasteiger partial charge in [-0.25, -0.2) is 27.5 Å². The van der Waals surface area contributed by atoms with Gasteiger partial charge in [-0.05, 0) is 37.1 Å². The van der Waals surface area contributed by atoms with E-state index >= 15 is 0 Å². The van der Waals surface area contributed by atoms with Crippen molar-refractivity contribution in [2.24, 2.45) is 0 Å². The molecule has 0 radical (unpaired) electrons. The molecule has 0 saturated carbocycles. The largest absolute Gasteiger partial charge is 0.357 e. The van der Waals surface area contributed by atoms with Crippen LogP contribution in [0.15, 0.2) is 35.4 Å². The molecule has 0 unspecified atom stereocenters. The predicted molar refractivity (Wildman–Crippen MR) is 88.9 cm³/mol. The van der Waals surface area contributed by atoms with Crippen molar-refractivity contribution in [1.82, 2.24) is 14.7 Å². The van der Waals surface area contributed by atoms with Crippen LogP contribution in [0.3, 0.4) is 0 Å². The number of nitrogens with one attached hydrogen (secondary N) is 1. The number of rotatable bonds is 5. The molecule has 6 nitrogen and oxygen atoms in total. The molecule has 1 aliphatic heterocycles. The van der Waals surface area contributed by atoms with Gasteiger partial charge in [-0.1, -0.05) is 11.6 Å². The monoisotopic (exact) mass is 370 g/mol. The Hall–Kier alpha value is -1.77. The first-order chi connectivity index (χ1) is 11.5. The number of hydrogen-bond donors (Lipinski definition) is 1. The van der Waals surface area contributed by atoms with Crippen LogP contribution in [0.25, 0.3) is 0 Å². The highest BCUT2D eigenvalue weighted by Crippen LogP contribution is 2.20. The van der Waals surface area contributed by atoms with Crippen LogP contribution in [0.1, 0.15) is 18.7 Å². The van der Waals surface area contributed by atoms with Gasteiger partial charge in [0.15, 0.2) is 0 Å². The Balaban J connectivity index is 1.72. The second kappa shape index (κ2) is 7.00. The van der Waals surface area contributed by atoms with Crippen molar-refractivity contribution in [3.63, 3.8) is 0 Å². The minimum absolute atomic E-state index is 0.0565. The van der Waals surface area contributed by atoms with Crippen molar-refractivity contribution >= 4 is 27.4 Å². The molecule has 0 aliphatic carbocycles. The van der Waals surface area contributed by atoms with Gasteiger partial charge in [-0.3, -0.25) is 0 Å². The number of benzene rings is 1. The van der Waals surface area contributed by atoms with E-state index < -0.39 is 15.8 Å². The van der Waals surface area contributed by atoms with Gasteiger partial charge in [0, 0.05) is 19.3 Å². The maximum Gasteiger partial charge on any atom is 0.241 e. The summed E-state index contributed by atoms with van der Waals surface area (Å²) in [6.07, 6.45) is 3.85. The summed E-state index contributed by atoms with van der Waals surface area (Å²) < 4.78 is 40.1. The Bertz CT molecular complexity index is 841. The first-order valence-corrected chi connectivity index (χ1v) is 9.33. The van der Waals surface area contributed by atoms with E-state index in [9.17, 15) is 12.8 Å². The lowest BCUT2D eigenvalue weighted by Gasteiger charge is -2.16. The lowest BCUT2D eigenvalue weighted by molar-refractivity contribution is 0.578. The Morgan fingerprint density at radius 3 is 2.71 bits per heavy atom. The first kappa shape index (κ1) is 17.1. The van der Waals surface area contributed by atoms with Crippen LogP contribution in [-0.4, -0.2) is 31.5 Å². The molecule has 1 aromatic heterocycles. The van der Waals surface area contributed by atoms with Crippen LogP contribution < -0.4 is 9.62 Å². The van der Waals surface area contributed by atoms with Crippen LogP contribution in [0.4, 0.5) is 10.2 Å². The third-order valence-electron chi connectivity index (χ3n) is 3.74. The zero-order valence-corrected chi connectivity index (χ0v) is 14.3. The summed E-state index contributed by atoms with van der Waals surface area (Å²) in [6.45, 7) is 1.82. The molecule has 24 heavy (non-hydrogen) atoms. The fourth-order valence-corrected chi connectivity index (χ4v) is 3.73. The lowest BCUT2D eigenvalue weighted by Crippen LogP contribution is -2.25. The summed E-state index contributed by atoms with van der Waals surface area (Å²) >= 11 is 5.63. The molecule has 128 valence electrons. The number of aromatic nitrogens is 2. The van der Waals surface area contributed by atoms with Crippen molar-refractivity contribution in [2.45, 2.75) is 24.3 Å². The second-order valence-corrected chi connectivity index (χ2v) is 7.60. The molecule has 1 fully saturated rings. The molecule has 0 atom stereocenters. The second-order valence-electron chi connectivity index (χ2n) is 5.43. The van der Waals surface area contributed by atoms with Crippen LogP contribution in [-0.2, 0) is 16.6 Å². The summed E-state index contributed by atoms with van der Waals surface area (Å²) in [4.78, 5) is 10.5. The highest BCUT2D eigenvalue weighted by molar-refractivity contribution is 7.89. The summed E-state index contributed by atoms with van der Waals surface area (Å²) in [5.41, 5.74) is 0. The maximum atomic E-state index is 13.2. The van der Waals surface area contributed by atoms with Crippen molar-refractivity contribution in [1.29, 1.82) is 0 Å². The topological polar surface area (TPSA) is 75.2 Å². The molecule has 1 aromatic carbocycles. The predicted octanol–water partition coefficient (Wildman–Crippen LogP) is 2.35. The van der Waals surface area contributed by atoms with Gasteiger partial charge in [-0.15, -0.1) is 0 Å². The van der Waals surface area contributed by atoms with Gasteiger partial charge in [0.05, 0.1) is 16.5 Å². The van der Waals surface area contributed by atoms with Crippen LogP contribution >= 0.6 is 11.6 Å². The van der Waals surface area contributed by atoms with Gasteiger partial charge >= 0.3 is 0 Å². The molecule has 0 spiro atoms. The van der Waals surface area contributed by atoms with E-state index in [0.717, 1.165) is 49.9 Å². The first-order valence-electron chi connectivity index (χ1n) is 7.47. The van der Waals surface area contributed by atoms with Gasteiger partial charge in [0.1, 0.15) is 17.5 Å². The summed E-state index contributed by atoms with van der Waals surface area (Å²) in [7, 11) is -3.82. The van der Waals surface area contributed by atoms with E-state index in [-0.39, 0.29) is 16.5 Å². The normalized spacial score (nSPS) is 15.0. The average Bonchev–Trinajstić information content (AvgIpc) is 3.10. The lowest BCUT2D eigenvalue weighted by atomic mass is 10.3. The average molecular weight is 371 g/mol. The smallest absolute Gasteiger partial charge is 0.241 e. The van der Waals surface area contributed by atoms with E-state index in [1.807, 2.05) is 6.07 Å². The van der Waals surface area contributed by atoms with E-state index in [1.165, 1.54) is 0 Å². The molecule has 2 heterocycles. The van der Waals surface area contributed by atoms with E-state index in [2.05, 4.69) is 19.6 Å². The third-order valence-corrected chi connectivity index (χ3v) is 5.43. The fraction of sp³-hybridized carbons (Fsp3) is 0.333. The minimum Gasteiger partial charge on any atom is -0.357 e. The zero-order valence-electron chi connectivity index (χ0n) is 12.7. The molecule has 9 heteroatoms. The Morgan fingerprint density at radius 2 is 2.00 bits per heavy atom. The van der Waals surface area contributed by atoms with Crippen molar-refractivity contribution in [3.05, 3.63) is 47.1 Å². The highest BCUT2D eigenvalue weighted by atomic mass is 35.5. The molecular formula is C15H16ClFN4O2S. The zero-order chi connectivity index (χ0) is 17.2. The number of hydrogen-bond acceptors (Lipinski definition) is 5. The van der Waals surface area contributed by atoms with Crippen molar-refractivity contribution in [3.8, 4) is 0 Å². The van der Waals surface area contributed by atoms with Crippen LogP contribution in [0, 0.1) is 5.82 Å². The van der Waals surface area contributed by atoms with E-state index in [0.29, 0.717) is 5.82 Å². The SMILES string of the molecule is O=S(=O)(NCc1nccc(N2CCCC2)n1)c1ccc(F)c(Cl)c1. The van der Waals surface area contributed by atoms with Crippen LogP contribution in [0.5, 0.6) is 0 Å². The maximum absolute atomic E-state index is 13.2. The molecule has 1 N–H and O–H groups in total. The van der Waals surface area contributed by atoms with E-state index in [4.69, 9.17) is 11.6 Å². The van der Waals surface area contributed by atoms with E-state index in [1.54, 1.807) is 6.20 Å². The number of halogens is 2. The number of nitrogens with zero attached hydrogens (tertiary/aromatic N) is 3. The molecule has 1 saturated heterocycles. The van der Waals surface area contributed by atoms with Crippen molar-refractivity contribution in [2.75, 3.05) is 18.0 Å². The molecule has 3 rings (SSSR count). The summed E-state index contributed by atoms with van der Waals surface area (Å²) in [5.74, 6) is 0.495. The number of sulfonamides is 1. The van der Waals surface area contributed by atoms with Crippen LogP contribution in [0.2, 0.25) is 5.02 Å². The molecular weight excluding hydrogens is 355 g/mol. The van der Waals surface area contributed by atoms with Gasteiger partial charge < -0.3 is 4.90 Å². The Labute approximate surface area is 144 Å². The summed E-state index contributed by atoms with van der Waals surface area (Å²) in [6, 6.07) is 5.05. The Kier molecular flexibility index (Phi) is 4.98. The van der Waals surface area contributed by atoms with Gasteiger partial charge in [0.25, 0.3) is 0 Å². The van der Waals surface area contributed by atoms with Gasteiger partial charge in [0.2, 0.25) is 10.0 Å². The Morgan fingerprint density at radius 1 is 1.25 bits per heavy atom. The quantitative estimate of drug-likeness (QED) is 0.874. The number of anilines is 1. The molecule has 0 bridgehead atoms. The molecule has 2 aromatic rings.